The Morgan fingerprint density at radius 1 is 1.31 bits per heavy atom. The van der Waals surface area contributed by atoms with Crippen molar-refractivity contribution in [3.05, 3.63) is 0 Å². The third-order valence-electron chi connectivity index (χ3n) is 2.43. The van der Waals surface area contributed by atoms with E-state index in [2.05, 4.69) is 6.92 Å². The molecule has 0 aliphatic heterocycles. The lowest BCUT2D eigenvalue weighted by atomic mass is 9.98. The average Bonchev–Trinajstić information content (AvgIpc) is 2.12. The number of rotatable bonds is 8. The molecule has 0 bridgehead atoms. The van der Waals surface area contributed by atoms with Crippen molar-refractivity contribution >= 4 is 5.78 Å². The molecular weight excluding hydrogens is 162 g/mol. The average molecular weight is 185 g/mol. The van der Waals surface area contributed by atoms with Gasteiger partial charge in [0.2, 0.25) is 0 Å². The minimum absolute atomic E-state index is 0.173. The molecule has 0 saturated carbocycles. The maximum atomic E-state index is 11.4. The highest BCUT2D eigenvalue weighted by Gasteiger charge is 2.10. The minimum atomic E-state index is 0.173. The van der Waals surface area contributed by atoms with Crippen molar-refractivity contribution in [2.75, 3.05) is 6.54 Å². The first-order valence-electron chi connectivity index (χ1n) is 5.45. The van der Waals surface area contributed by atoms with Crippen LogP contribution in [0.1, 0.15) is 52.4 Å². The molecule has 0 amide bonds. The van der Waals surface area contributed by atoms with Gasteiger partial charge in [0.25, 0.3) is 0 Å². The van der Waals surface area contributed by atoms with Gasteiger partial charge in [-0.15, -0.1) is 0 Å². The normalized spacial score (nSPS) is 12.8. The van der Waals surface area contributed by atoms with Gasteiger partial charge in [0.1, 0.15) is 5.78 Å². The topological polar surface area (TPSA) is 43.1 Å². The molecule has 0 aromatic heterocycles. The SMILES string of the molecule is CCCCCCC(=O)C(C)CCN. The summed E-state index contributed by atoms with van der Waals surface area (Å²) >= 11 is 0. The first kappa shape index (κ1) is 12.6. The fourth-order valence-corrected chi connectivity index (χ4v) is 1.38. The molecule has 0 saturated heterocycles. The van der Waals surface area contributed by atoms with E-state index in [1.807, 2.05) is 6.92 Å². The second-order valence-corrected chi connectivity index (χ2v) is 3.76. The van der Waals surface area contributed by atoms with Gasteiger partial charge in [0.15, 0.2) is 0 Å². The number of carbonyl (C=O) groups excluding carboxylic acids is 1. The van der Waals surface area contributed by atoms with Gasteiger partial charge in [-0.3, -0.25) is 4.79 Å². The third-order valence-corrected chi connectivity index (χ3v) is 2.43. The zero-order valence-corrected chi connectivity index (χ0v) is 9.01. The quantitative estimate of drug-likeness (QED) is 0.590. The van der Waals surface area contributed by atoms with Gasteiger partial charge in [0.05, 0.1) is 0 Å². The minimum Gasteiger partial charge on any atom is -0.330 e. The Hall–Kier alpha value is -0.370. The van der Waals surface area contributed by atoms with Gasteiger partial charge < -0.3 is 5.73 Å². The van der Waals surface area contributed by atoms with Crippen LogP contribution in [0, 0.1) is 5.92 Å². The fraction of sp³-hybridized carbons (Fsp3) is 0.909. The first-order chi connectivity index (χ1) is 6.22. The molecule has 0 fully saturated rings. The van der Waals surface area contributed by atoms with Gasteiger partial charge in [-0.05, 0) is 19.4 Å². The van der Waals surface area contributed by atoms with Crippen molar-refractivity contribution in [2.24, 2.45) is 11.7 Å². The third kappa shape index (κ3) is 6.76. The highest BCUT2D eigenvalue weighted by molar-refractivity contribution is 5.80. The summed E-state index contributed by atoms with van der Waals surface area (Å²) in [6.45, 7) is 4.79. The summed E-state index contributed by atoms with van der Waals surface area (Å²) in [6.07, 6.45) is 6.32. The van der Waals surface area contributed by atoms with Gasteiger partial charge in [-0.1, -0.05) is 33.1 Å². The Kier molecular flexibility index (Phi) is 8.00. The van der Waals surface area contributed by atoms with E-state index < -0.39 is 0 Å². The van der Waals surface area contributed by atoms with Gasteiger partial charge in [0, 0.05) is 12.3 Å². The Morgan fingerprint density at radius 3 is 2.54 bits per heavy atom. The summed E-state index contributed by atoms with van der Waals surface area (Å²) in [5.74, 6) is 0.563. The highest BCUT2D eigenvalue weighted by Crippen LogP contribution is 2.09. The van der Waals surface area contributed by atoms with Crippen LogP contribution < -0.4 is 5.73 Å². The number of hydrogen-bond donors (Lipinski definition) is 1. The van der Waals surface area contributed by atoms with Crippen molar-refractivity contribution in [1.82, 2.24) is 0 Å². The molecule has 2 nitrogen and oxygen atoms in total. The Balaban J connectivity index is 3.38. The zero-order valence-electron chi connectivity index (χ0n) is 9.01. The van der Waals surface area contributed by atoms with Gasteiger partial charge in [-0.2, -0.15) is 0 Å². The molecule has 0 aliphatic rings. The van der Waals surface area contributed by atoms with Crippen LogP contribution in [0.2, 0.25) is 0 Å². The molecule has 0 radical (unpaired) electrons. The van der Waals surface area contributed by atoms with E-state index >= 15 is 0 Å². The van der Waals surface area contributed by atoms with E-state index in [1.54, 1.807) is 0 Å². The van der Waals surface area contributed by atoms with Crippen molar-refractivity contribution < 1.29 is 4.79 Å². The monoisotopic (exact) mass is 185 g/mol. The van der Waals surface area contributed by atoms with Gasteiger partial charge >= 0.3 is 0 Å². The predicted octanol–water partition coefficient (Wildman–Crippen LogP) is 2.51. The molecule has 1 unspecified atom stereocenters. The van der Waals surface area contributed by atoms with Crippen LogP contribution in [-0.2, 0) is 4.79 Å². The highest BCUT2D eigenvalue weighted by atomic mass is 16.1. The molecule has 2 heteroatoms. The van der Waals surface area contributed by atoms with Crippen molar-refractivity contribution in [2.45, 2.75) is 52.4 Å². The molecule has 0 spiro atoms. The van der Waals surface area contributed by atoms with E-state index in [0.29, 0.717) is 12.3 Å². The van der Waals surface area contributed by atoms with Crippen LogP contribution >= 0.6 is 0 Å². The maximum Gasteiger partial charge on any atom is 0.135 e. The van der Waals surface area contributed by atoms with E-state index in [1.165, 1.54) is 19.3 Å². The number of unbranched alkanes of at least 4 members (excludes halogenated alkanes) is 3. The second kappa shape index (κ2) is 8.24. The number of hydrogen-bond acceptors (Lipinski definition) is 2. The Bertz CT molecular complexity index is 134. The van der Waals surface area contributed by atoms with Crippen molar-refractivity contribution in [3.8, 4) is 0 Å². The Morgan fingerprint density at radius 2 is 2.00 bits per heavy atom. The summed E-state index contributed by atoms with van der Waals surface area (Å²) < 4.78 is 0. The van der Waals surface area contributed by atoms with Crippen LogP contribution in [-0.4, -0.2) is 12.3 Å². The summed E-state index contributed by atoms with van der Waals surface area (Å²) in [6, 6.07) is 0. The molecule has 78 valence electrons. The van der Waals surface area contributed by atoms with Crippen LogP contribution in [0.25, 0.3) is 0 Å². The van der Waals surface area contributed by atoms with Crippen LogP contribution in [0.15, 0.2) is 0 Å². The molecule has 0 heterocycles. The lowest BCUT2D eigenvalue weighted by molar-refractivity contribution is -0.122. The Labute approximate surface area is 81.9 Å². The molecule has 13 heavy (non-hydrogen) atoms. The standard InChI is InChI=1S/C11H23NO/c1-3-4-5-6-7-11(13)10(2)8-9-12/h10H,3-9,12H2,1-2H3. The lowest BCUT2D eigenvalue weighted by Gasteiger charge is -2.07. The lowest BCUT2D eigenvalue weighted by Crippen LogP contribution is -2.15. The van der Waals surface area contributed by atoms with E-state index in [0.717, 1.165) is 19.3 Å². The predicted molar refractivity (Wildman–Crippen MR) is 56.6 cm³/mol. The molecule has 0 rings (SSSR count). The van der Waals surface area contributed by atoms with Crippen molar-refractivity contribution in [3.63, 3.8) is 0 Å². The molecule has 0 aromatic rings. The molecule has 2 N–H and O–H groups in total. The largest absolute Gasteiger partial charge is 0.330 e. The molecular formula is C11H23NO. The summed E-state index contributed by atoms with van der Waals surface area (Å²) in [4.78, 5) is 11.4. The first-order valence-corrected chi connectivity index (χ1v) is 5.45. The van der Waals surface area contributed by atoms with E-state index in [4.69, 9.17) is 5.73 Å². The van der Waals surface area contributed by atoms with Gasteiger partial charge in [-0.25, -0.2) is 0 Å². The maximum absolute atomic E-state index is 11.4. The summed E-state index contributed by atoms with van der Waals surface area (Å²) in [5, 5.41) is 0. The number of nitrogens with two attached hydrogens (primary N) is 1. The number of Topliss-reactive ketones (excluding diaryl/α,β-unsaturated/α-hetero) is 1. The smallest absolute Gasteiger partial charge is 0.135 e. The summed E-state index contributed by atoms with van der Waals surface area (Å²) in [7, 11) is 0. The summed E-state index contributed by atoms with van der Waals surface area (Å²) in [5.41, 5.74) is 5.39. The molecule has 0 aliphatic carbocycles. The van der Waals surface area contributed by atoms with E-state index in [-0.39, 0.29) is 5.92 Å². The van der Waals surface area contributed by atoms with Crippen LogP contribution in [0.5, 0.6) is 0 Å². The zero-order chi connectivity index (χ0) is 10.1. The number of carbonyl (C=O) groups is 1. The number of ketones is 1. The van der Waals surface area contributed by atoms with Crippen molar-refractivity contribution in [1.29, 1.82) is 0 Å². The molecule has 0 aromatic carbocycles. The fourth-order valence-electron chi connectivity index (χ4n) is 1.38. The molecule has 1 atom stereocenters. The second-order valence-electron chi connectivity index (χ2n) is 3.76. The van der Waals surface area contributed by atoms with Crippen LogP contribution in [0.4, 0.5) is 0 Å². The van der Waals surface area contributed by atoms with Crippen LogP contribution in [0.3, 0.4) is 0 Å². The van der Waals surface area contributed by atoms with E-state index in [9.17, 15) is 4.79 Å².